The Morgan fingerprint density at radius 3 is 1.46 bits per heavy atom. The highest BCUT2D eigenvalue weighted by Gasteiger charge is 2.49. The molecule has 0 aromatic carbocycles. The Kier molecular flexibility index (Phi) is 16.3. The summed E-state index contributed by atoms with van der Waals surface area (Å²) in [5.74, 6) is 0. The summed E-state index contributed by atoms with van der Waals surface area (Å²) < 4.78 is 39.9. The van der Waals surface area contributed by atoms with Gasteiger partial charge in [0.15, 0.2) is 33.3 Å². The van der Waals surface area contributed by atoms with Crippen LogP contribution in [0, 0.1) is 0 Å². The maximum absolute atomic E-state index is 9.58. The van der Waals surface area contributed by atoms with E-state index in [-0.39, 0.29) is 13.2 Å². The quantitative estimate of drug-likeness (QED) is 0.102. The van der Waals surface area contributed by atoms with Crippen LogP contribution in [-0.2, 0) is 25.3 Å². The van der Waals surface area contributed by atoms with Crippen molar-refractivity contribution in [1.29, 1.82) is 0 Å². The van der Waals surface area contributed by atoms with E-state index in [2.05, 4.69) is 98.2 Å². The van der Waals surface area contributed by atoms with Crippen LogP contribution in [-0.4, -0.2) is 95.1 Å². The Bertz CT molecular complexity index is 710. The number of rotatable bonds is 21. The second-order valence-electron chi connectivity index (χ2n) is 15.1. The fraction of sp³-hybridized carbons (Fsp3) is 1.00. The normalized spacial score (nSPS) is 18.1. The van der Waals surface area contributed by atoms with Gasteiger partial charge >= 0.3 is 25.7 Å². The summed E-state index contributed by atoms with van der Waals surface area (Å²) in [6.07, 6.45) is 0.943. The monoisotopic (exact) mass is 676 g/mol. The first-order chi connectivity index (χ1) is 17.2. The smallest absolute Gasteiger partial charge is 0.317 e. The van der Waals surface area contributed by atoms with Crippen LogP contribution < -0.4 is 0 Å². The average molecular weight is 677 g/mol. The van der Waals surface area contributed by atoms with E-state index < -0.39 is 65.1 Å². The van der Waals surface area contributed by atoms with Crippen LogP contribution in [0.2, 0.25) is 116 Å². The SMILES string of the molecule is C[Si](C)(C)O[Si](C)(C)CCC[Si](C)(O[Si](C)(C)O[Si](C)(C)C)O[Si](C)(CCCOCC(O)CO)O[Si](C)(C)C. The van der Waals surface area contributed by atoms with Crippen molar-refractivity contribution in [2.75, 3.05) is 19.8 Å². The molecule has 0 aliphatic heterocycles. The van der Waals surface area contributed by atoms with Gasteiger partial charge in [-0.2, -0.15) is 0 Å². The topological polar surface area (TPSA) is 95.8 Å². The van der Waals surface area contributed by atoms with Gasteiger partial charge in [-0.15, -0.1) is 0 Å². The number of hydrogen-bond donors (Lipinski definition) is 2. The Labute approximate surface area is 248 Å². The van der Waals surface area contributed by atoms with Crippen molar-refractivity contribution in [3.8, 4) is 0 Å². The molecule has 0 radical (unpaired) electrons. The van der Waals surface area contributed by atoms with Gasteiger partial charge in [0, 0.05) is 6.61 Å². The van der Waals surface area contributed by atoms with Gasteiger partial charge in [0.1, 0.15) is 6.10 Å². The van der Waals surface area contributed by atoms with Crippen LogP contribution in [0.25, 0.3) is 0 Å². The van der Waals surface area contributed by atoms with Gasteiger partial charge in [0.05, 0.1) is 13.2 Å². The lowest BCUT2D eigenvalue weighted by molar-refractivity contribution is 0.00623. The number of aliphatic hydroxyl groups excluding tert-OH is 2. The molecule has 0 aromatic heterocycles. The highest BCUT2D eigenvalue weighted by atomic mass is 28.5. The zero-order valence-electron chi connectivity index (χ0n) is 28.1. The molecule has 0 spiro atoms. The summed E-state index contributed by atoms with van der Waals surface area (Å²) in [7, 11) is -14.8. The van der Waals surface area contributed by atoms with Crippen molar-refractivity contribution in [2.45, 2.75) is 135 Å². The molecule has 0 amide bonds. The predicted molar refractivity (Wildman–Crippen MR) is 181 cm³/mol. The third-order valence-electron chi connectivity index (χ3n) is 5.40. The molecule has 0 heterocycles. The van der Waals surface area contributed by atoms with Crippen molar-refractivity contribution < 1.29 is 35.5 Å². The molecule has 236 valence electrons. The molecule has 0 saturated carbocycles. The van der Waals surface area contributed by atoms with E-state index in [1.54, 1.807) is 0 Å². The maximum atomic E-state index is 9.58. The van der Waals surface area contributed by atoms with E-state index in [4.69, 9.17) is 30.4 Å². The lowest BCUT2D eigenvalue weighted by Crippen LogP contribution is -2.60. The fourth-order valence-electron chi connectivity index (χ4n) is 5.11. The zero-order chi connectivity index (χ0) is 31.0. The molecular weight excluding hydrogens is 613 g/mol. The molecule has 15 heteroatoms. The zero-order valence-corrected chi connectivity index (χ0v) is 35.1. The van der Waals surface area contributed by atoms with Crippen molar-refractivity contribution in [3.05, 3.63) is 0 Å². The van der Waals surface area contributed by atoms with Gasteiger partial charge in [0.2, 0.25) is 0 Å². The number of ether oxygens (including phenoxy) is 1. The van der Waals surface area contributed by atoms with Crippen molar-refractivity contribution in [1.82, 2.24) is 0 Å². The van der Waals surface area contributed by atoms with Crippen LogP contribution in [0.4, 0.5) is 0 Å². The first-order valence-electron chi connectivity index (χ1n) is 14.6. The lowest BCUT2D eigenvalue weighted by Gasteiger charge is -2.44. The molecule has 2 N–H and O–H groups in total. The molecule has 0 bridgehead atoms. The number of hydrogen-bond acceptors (Lipinski definition) is 8. The number of aliphatic hydroxyl groups is 2. The Balaban J connectivity index is 5.87. The maximum Gasteiger partial charge on any atom is 0.317 e. The van der Waals surface area contributed by atoms with Crippen LogP contribution in [0.5, 0.6) is 0 Å². The first kappa shape index (κ1) is 40.2. The van der Waals surface area contributed by atoms with Crippen LogP contribution >= 0.6 is 0 Å². The molecule has 0 rings (SSSR count). The Morgan fingerprint density at radius 2 is 1.00 bits per heavy atom. The van der Waals surface area contributed by atoms with E-state index in [9.17, 15) is 5.11 Å². The van der Waals surface area contributed by atoms with Crippen molar-refractivity contribution in [3.63, 3.8) is 0 Å². The molecule has 3 unspecified atom stereocenters. The van der Waals surface area contributed by atoms with Gasteiger partial charge in [-0.1, -0.05) is 6.42 Å². The molecule has 0 aliphatic rings. The van der Waals surface area contributed by atoms with E-state index in [0.717, 1.165) is 31.0 Å². The fourth-order valence-corrected chi connectivity index (χ4v) is 37.3. The summed E-state index contributed by atoms with van der Waals surface area (Å²) >= 11 is 0. The first-order valence-corrected chi connectivity index (χ1v) is 35.8. The lowest BCUT2D eigenvalue weighted by atomic mass is 10.4. The van der Waals surface area contributed by atoms with Crippen LogP contribution in [0.3, 0.4) is 0 Å². The average Bonchev–Trinajstić information content (AvgIpc) is 2.60. The van der Waals surface area contributed by atoms with Gasteiger partial charge in [-0.05, 0) is 123 Å². The molecule has 0 saturated heterocycles. The van der Waals surface area contributed by atoms with E-state index in [1.807, 2.05) is 0 Å². The second kappa shape index (κ2) is 15.8. The minimum absolute atomic E-state index is 0.132. The third kappa shape index (κ3) is 21.5. The van der Waals surface area contributed by atoms with Crippen molar-refractivity contribution >= 4 is 59.0 Å². The Morgan fingerprint density at radius 1 is 0.538 bits per heavy atom. The molecule has 3 atom stereocenters. The minimum atomic E-state index is -2.69. The molecule has 0 fully saturated rings. The summed E-state index contributed by atoms with van der Waals surface area (Å²) in [6.45, 7) is 33.8. The molecule has 8 nitrogen and oxygen atoms in total. The largest absolute Gasteiger partial charge is 0.456 e. The standard InChI is InChI=1S/C24H64O8Si7/c1-33(2,3)28-36(10,11)19-17-21-39(15,31-37(12,13)29-34(4,5)6)32-38(14,30-35(7,8)9)20-16-18-27-23-24(26)22-25/h24-26H,16-23H2,1-15H3. The van der Waals surface area contributed by atoms with E-state index >= 15 is 0 Å². The summed E-state index contributed by atoms with van der Waals surface area (Å²) in [6, 6.07) is 2.76. The highest BCUT2D eigenvalue weighted by molar-refractivity contribution is 6.91. The molecule has 39 heavy (non-hydrogen) atoms. The summed E-state index contributed by atoms with van der Waals surface area (Å²) in [5, 5.41) is 18.6. The van der Waals surface area contributed by atoms with Gasteiger partial charge < -0.3 is 35.5 Å². The molecule has 0 aromatic rings. The van der Waals surface area contributed by atoms with Gasteiger partial charge in [0.25, 0.3) is 0 Å². The second-order valence-corrected chi connectivity index (χ2v) is 44.3. The predicted octanol–water partition coefficient (Wildman–Crippen LogP) is 6.78. The van der Waals surface area contributed by atoms with Gasteiger partial charge in [-0.25, -0.2) is 0 Å². The molecule has 0 aliphatic carbocycles. The van der Waals surface area contributed by atoms with Crippen molar-refractivity contribution in [2.24, 2.45) is 0 Å². The van der Waals surface area contributed by atoms with E-state index in [1.165, 1.54) is 0 Å². The minimum Gasteiger partial charge on any atom is -0.456 e. The van der Waals surface area contributed by atoms with E-state index in [0.29, 0.717) is 6.61 Å². The third-order valence-corrected chi connectivity index (χ3v) is 29.9. The Hall–Kier alpha value is 1.20. The molecular formula is C24H64O8Si7. The van der Waals surface area contributed by atoms with Gasteiger partial charge in [-0.3, -0.25) is 0 Å². The van der Waals surface area contributed by atoms with Crippen LogP contribution in [0.1, 0.15) is 12.8 Å². The summed E-state index contributed by atoms with van der Waals surface area (Å²) in [5.41, 5.74) is 0. The van der Waals surface area contributed by atoms with Crippen LogP contribution in [0.15, 0.2) is 0 Å². The summed E-state index contributed by atoms with van der Waals surface area (Å²) in [4.78, 5) is 0. The highest BCUT2D eigenvalue weighted by Crippen LogP contribution is 2.33.